The van der Waals surface area contributed by atoms with E-state index in [4.69, 9.17) is 10.5 Å². The predicted octanol–water partition coefficient (Wildman–Crippen LogP) is 1.52. The van der Waals surface area contributed by atoms with Crippen LogP contribution in [0.3, 0.4) is 0 Å². The molecule has 0 bridgehead atoms. The predicted molar refractivity (Wildman–Crippen MR) is 67.8 cm³/mol. The highest BCUT2D eigenvalue weighted by molar-refractivity contribution is 5.33. The van der Waals surface area contributed by atoms with Crippen LogP contribution in [0.25, 0.3) is 0 Å². The van der Waals surface area contributed by atoms with Gasteiger partial charge in [0.1, 0.15) is 12.4 Å². The van der Waals surface area contributed by atoms with Crippen LogP contribution in [0.5, 0.6) is 5.75 Å². The minimum atomic E-state index is 0.165. The number of hydrogen-bond acceptors (Lipinski definition) is 3. The molecular formula is C13H22N2O. The van der Waals surface area contributed by atoms with Crippen molar-refractivity contribution in [2.24, 2.45) is 5.73 Å². The second-order valence-electron chi connectivity index (χ2n) is 4.44. The summed E-state index contributed by atoms with van der Waals surface area (Å²) in [6.07, 6.45) is 0.859. The number of nitrogens with zero attached hydrogens (tertiary/aromatic N) is 1. The standard InChI is InChI=1S/C13H22N2O/c1-11(14)10-12-6-4-5-7-13(12)16-9-8-15(2)3/h4-7,11H,8-10,14H2,1-3H3. The molecule has 90 valence electrons. The highest BCUT2D eigenvalue weighted by Crippen LogP contribution is 2.19. The summed E-state index contributed by atoms with van der Waals surface area (Å²) in [5.74, 6) is 0.960. The summed E-state index contributed by atoms with van der Waals surface area (Å²) >= 11 is 0. The third kappa shape index (κ3) is 4.64. The third-order valence-corrected chi connectivity index (χ3v) is 2.31. The van der Waals surface area contributed by atoms with Crippen molar-refractivity contribution < 1.29 is 4.74 Å². The molecule has 1 unspecified atom stereocenters. The first-order valence-corrected chi connectivity index (χ1v) is 5.70. The van der Waals surface area contributed by atoms with Gasteiger partial charge in [-0.1, -0.05) is 18.2 Å². The van der Waals surface area contributed by atoms with E-state index in [0.29, 0.717) is 6.61 Å². The van der Waals surface area contributed by atoms with Gasteiger partial charge in [0.2, 0.25) is 0 Å². The fraction of sp³-hybridized carbons (Fsp3) is 0.538. The molecule has 1 aromatic rings. The van der Waals surface area contributed by atoms with E-state index >= 15 is 0 Å². The number of rotatable bonds is 6. The summed E-state index contributed by atoms with van der Waals surface area (Å²) in [7, 11) is 4.08. The molecule has 0 aliphatic carbocycles. The molecule has 1 rings (SSSR count). The monoisotopic (exact) mass is 222 g/mol. The van der Waals surface area contributed by atoms with E-state index in [1.165, 1.54) is 5.56 Å². The summed E-state index contributed by atoms with van der Waals surface area (Å²) in [5, 5.41) is 0. The van der Waals surface area contributed by atoms with E-state index in [1.54, 1.807) is 0 Å². The molecule has 0 fully saturated rings. The summed E-state index contributed by atoms with van der Waals surface area (Å²) in [6.45, 7) is 3.64. The second-order valence-corrected chi connectivity index (χ2v) is 4.44. The quantitative estimate of drug-likeness (QED) is 0.793. The van der Waals surface area contributed by atoms with Crippen molar-refractivity contribution in [1.82, 2.24) is 4.90 Å². The summed E-state index contributed by atoms with van der Waals surface area (Å²) in [5.41, 5.74) is 7.00. The topological polar surface area (TPSA) is 38.5 Å². The zero-order valence-corrected chi connectivity index (χ0v) is 10.4. The van der Waals surface area contributed by atoms with Gasteiger partial charge in [-0.3, -0.25) is 0 Å². The molecule has 0 aliphatic rings. The maximum Gasteiger partial charge on any atom is 0.122 e. The summed E-state index contributed by atoms with van der Waals surface area (Å²) in [4.78, 5) is 2.11. The molecule has 3 heteroatoms. The first kappa shape index (κ1) is 13.0. The van der Waals surface area contributed by atoms with Crippen LogP contribution in [0.2, 0.25) is 0 Å². The van der Waals surface area contributed by atoms with Gasteiger partial charge in [0.15, 0.2) is 0 Å². The molecule has 0 saturated carbocycles. The van der Waals surface area contributed by atoms with E-state index in [2.05, 4.69) is 11.0 Å². The summed E-state index contributed by atoms with van der Waals surface area (Å²) < 4.78 is 5.75. The fourth-order valence-electron chi connectivity index (χ4n) is 1.50. The smallest absolute Gasteiger partial charge is 0.122 e. The molecule has 0 radical (unpaired) electrons. The highest BCUT2D eigenvalue weighted by atomic mass is 16.5. The van der Waals surface area contributed by atoms with Crippen molar-refractivity contribution in [3.05, 3.63) is 29.8 Å². The molecule has 0 heterocycles. The Balaban J connectivity index is 2.56. The molecule has 0 aliphatic heterocycles. The van der Waals surface area contributed by atoms with Gasteiger partial charge >= 0.3 is 0 Å². The van der Waals surface area contributed by atoms with Gasteiger partial charge in [0, 0.05) is 12.6 Å². The Hall–Kier alpha value is -1.06. The molecule has 1 atom stereocenters. The van der Waals surface area contributed by atoms with Crippen LogP contribution < -0.4 is 10.5 Å². The fourth-order valence-corrected chi connectivity index (χ4v) is 1.50. The van der Waals surface area contributed by atoms with Crippen LogP contribution in [0.15, 0.2) is 24.3 Å². The number of hydrogen-bond donors (Lipinski definition) is 1. The highest BCUT2D eigenvalue weighted by Gasteiger charge is 2.05. The van der Waals surface area contributed by atoms with Gasteiger partial charge in [-0.2, -0.15) is 0 Å². The Kier molecular flexibility index (Phi) is 5.29. The van der Waals surface area contributed by atoms with Crippen LogP contribution in [-0.2, 0) is 6.42 Å². The Labute approximate surface area is 98.2 Å². The zero-order chi connectivity index (χ0) is 12.0. The molecular weight excluding hydrogens is 200 g/mol. The van der Waals surface area contributed by atoms with Gasteiger partial charge in [-0.05, 0) is 39.1 Å². The average molecular weight is 222 g/mol. The number of likely N-dealkylation sites (N-methyl/N-ethyl adjacent to an activating group) is 1. The van der Waals surface area contributed by atoms with E-state index in [1.807, 2.05) is 39.2 Å². The lowest BCUT2D eigenvalue weighted by Gasteiger charge is -2.14. The van der Waals surface area contributed by atoms with Crippen molar-refractivity contribution in [3.8, 4) is 5.75 Å². The Bertz CT molecular complexity index is 311. The molecule has 0 amide bonds. The molecule has 0 spiro atoms. The number of para-hydroxylation sites is 1. The largest absolute Gasteiger partial charge is 0.492 e. The van der Waals surface area contributed by atoms with Gasteiger partial charge in [0.05, 0.1) is 0 Å². The molecule has 16 heavy (non-hydrogen) atoms. The molecule has 1 aromatic carbocycles. The zero-order valence-electron chi connectivity index (χ0n) is 10.4. The summed E-state index contributed by atoms with van der Waals surface area (Å²) in [6, 6.07) is 8.27. The van der Waals surface area contributed by atoms with Gasteiger partial charge in [-0.15, -0.1) is 0 Å². The van der Waals surface area contributed by atoms with E-state index in [0.717, 1.165) is 18.7 Å². The first-order chi connectivity index (χ1) is 7.59. The maximum absolute atomic E-state index is 5.81. The van der Waals surface area contributed by atoms with E-state index in [-0.39, 0.29) is 6.04 Å². The SMILES string of the molecule is CC(N)Cc1ccccc1OCCN(C)C. The normalized spacial score (nSPS) is 12.8. The average Bonchev–Trinajstić information content (AvgIpc) is 2.19. The lowest BCUT2D eigenvalue weighted by Crippen LogP contribution is -2.21. The maximum atomic E-state index is 5.81. The van der Waals surface area contributed by atoms with Crippen molar-refractivity contribution in [3.63, 3.8) is 0 Å². The van der Waals surface area contributed by atoms with Crippen molar-refractivity contribution in [2.45, 2.75) is 19.4 Å². The van der Waals surface area contributed by atoms with Gasteiger partial charge in [-0.25, -0.2) is 0 Å². The Morgan fingerprint density at radius 3 is 2.62 bits per heavy atom. The molecule has 0 aromatic heterocycles. The Morgan fingerprint density at radius 2 is 2.00 bits per heavy atom. The van der Waals surface area contributed by atoms with Crippen LogP contribution in [0.1, 0.15) is 12.5 Å². The lowest BCUT2D eigenvalue weighted by atomic mass is 10.1. The number of ether oxygens (including phenoxy) is 1. The van der Waals surface area contributed by atoms with Crippen LogP contribution in [0, 0.1) is 0 Å². The minimum absolute atomic E-state index is 0.165. The number of benzene rings is 1. The Morgan fingerprint density at radius 1 is 1.31 bits per heavy atom. The molecule has 2 N–H and O–H groups in total. The van der Waals surface area contributed by atoms with Crippen molar-refractivity contribution in [1.29, 1.82) is 0 Å². The van der Waals surface area contributed by atoms with Crippen LogP contribution >= 0.6 is 0 Å². The minimum Gasteiger partial charge on any atom is -0.492 e. The van der Waals surface area contributed by atoms with Gasteiger partial charge in [0.25, 0.3) is 0 Å². The molecule has 0 saturated heterocycles. The van der Waals surface area contributed by atoms with Crippen molar-refractivity contribution >= 4 is 0 Å². The van der Waals surface area contributed by atoms with E-state index in [9.17, 15) is 0 Å². The van der Waals surface area contributed by atoms with Crippen LogP contribution in [-0.4, -0.2) is 38.2 Å². The van der Waals surface area contributed by atoms with Crippen LogP contribution in [0.4, 0.5) is 0 Å². The third-order valence-electron chi connectivity index (χ3n) is 2.31. The molecule has 3 nitrogen and oxygen atoms in total. The number of nitrogens with two attached hydrogens (primary N) is 1. The first-order valence-electron chi connectivity index (χ1n) is 5.70. The lowest BCUT2D eigenvalue weighted by molar-refractivity contribution is 0.259. The second kappa shape index (κ2) is 6.51. The van der Waals surface area contributed by atoms with Crippen molar-refractivity contribution in [2.75, 3.05) is 27.2 Å². The van der Waals surface area contributed by atoms with E-state index < -0.39 is 0 Å². The van der Waals surface area contributed by atoms with Gasteiger partial charge < -0.3 is 15.4 Å².